The van der Waals surface area contributed by atoms with E-state index in [1.165, 1.54) is 5.56 Å². The molecule has 1 aliphatic rings. The zero-order chi connectivity index (χ0) is 14.4. The van der Waals surface area contributed by atoms with Gasteiger partial charge in [-0.25, -0.2) is 0 Å². The highest BCUT2D eigenvalue weighted by Crippen LogP contribution is 2.23. The van der Waals surface area contributed by atoms with Crippen LogP contribution in [0.5, 0.6) is 5.75 Å². The van der Waals surface area contributed by atoms with Gasteiger partial charge in [-0.05, 0) is 49.9 Å². The quantitative estimate of drug-likeness (QED) is 0.832. The number of aliphatic carboxylic acids is 1. The molecule has 1 atom stereocenters. The summed E-state index contributed by atoms with van der Waals surface area (Å²) in [6.07, 6.45) is 2.21. The fraction of sp³-hybridized carbons (Fsp3) is 0.562. The van der Waals surface area contributed by atoms with Gasteiger partial charge in [-0.2, -0.15) is 0 Å². The molecule has 110 valence electrons. The number of nitrogens with zero attached hydrogens (tertiary/aromatic N) is 1. The van der Waals surface area contributed by atoms with Crippen LogP contribution in [0.15, 0.2) is 24.3 Å². The highest BCUT2D eigenvalue weighted by atomic mass is 16.5. The lowest BCUT2D eigenvalue weighted by Crippen LogP contribution is -2.20. The van der Waals surface area contributed by atoms with Gasteiger partial charge in [-0.1, -0.05) is 12.1 Å². The molecule has 1 heterocycles. The molecule has 1 N–H and O–H groups in total. The molecule has 0 radical (unpaired) electrons. The summed E-state index contributed by atoms with van der Waals surface area (Å²) in [5.74, 6) is 0.765. The van der Waals surface area contributed by atoms with Gasteiger partial charge < -0.3 is 9.84 Å². The van der Waals surface area contributed by atoms with Crippen molar-refractivity contribution in [1.29, 1.82) is 0 Å². The number of rotatable bonds is 7. The van der Waals surface area contributed by atoms with E-state index in [9.17, 15) is 4.79 Å². The lowest BCUT2D eigenvalue weighted by molar-refractivity contribution is -0.137. The smallest absolute Gasteiger partial charge is 0.303 e. The molecule has 1 saturated heterocycles. The van der Waals surface area contributed by atoms with Crippen molar-refractivity contribution >= 4 is 5.97 Å². The zero-order valence-corrected chi connectivity index (χ0v) is 12.0. The molecule has 1 aromatic carbocycles. The van der Waals surface area contributed by atoms with E-state index in [1.54, 1.807) is 0 Å². The summed E-state index contributed by atoms with van der Waals surface area (Å²) in [6.45, 7) is 5.69. The predicted octanol–water partition coefficient (Wildman–Crippen LogP) is 2.77. The summed E-state index contributed by atoms with van der Waals surface area (Å²) in [5.41, 5.74) is 1.28. The van der Waals surface area contributed by atoms with Crippen LogP contribution in [0.2, 0.25) is 0 Å². The molecule has 1 aliphatic heterocycles. The number of hydrogen-bond acceptors (Lipinski definition) is 3. The normalized spacial score (nSPS) is 19.1. The van der Waals surface area contributed by atoms with E-state index in [-0.39, 0.29) is 0 Å². The maximum atomic E-state index is 10.6. The van der Waals surface area contributed by atoms with Gasteiger partial charge in [-0.3, -0.25) is 9.69 Å². The van der Waals surface area contributed by atoms with E-state index in [4.69, 9.17) is 9.84 Å². The van der Waals surface area contributed by atoms with Crippen LogP contribution in [0.3, 0.4) is 0 Å². The summed E-state index contributed by atoms with van der Waals surface area (Å²) in [6, 6.07) is 8.23. The third kappa shape index (κ3) is 4.53. The Hall–Kier alpha value is -1.55. The Morgan fingerprint density at radius 2 is 2.15 bits per heavy atom. The van der Waals surface area contributed by atoms with Crippen molar-refractivity contribution in [3.05, 3.63) is 29.8 Å². The van der Waals surface area contributed by atoms with Crippen molar-refractivity contribution < 1.29 is 14.6 Å². The lowest BCUT2D eigenvalue weighted by atomic mass is 10.0. The largest absolute Gasteiger partial charge is 0.494 e. The van der Waals surface area contributed by atoms with Gasteiger partial charge in [0.25, 0.3) is 0 Å². The fourth-order valence-electron chi connectivity index (χ4n) is 2.74. The molecule has 4 heteroatoms. The summed E-state index contributed by atoms with van der Waals surface area (Å²) in [7, 11) is 0. The standard InChI is InChI=1S/C16H23NO3/c1-2-20-15-6-3-13(4-7-15)11-17-10-9-14(12-17)5-8-16(18)19/h3-4,6-7,14H,2,5,8-12H2,1H3,(H,18,19). The molecule has 20 heavy (non-hydrogen) atoms. The number of carbonyl (C=O) groups is 1. The molecule has 0 aromatic heterocycles. The number of likely N-dealkylation sites (tertiary alicyclic amines) is 1. The lowest BCUT2D eigenvalue weighted by Gasteiger charge is -2.16. The highest BCUT2D eigenvalue weighted by molar-refractivity contribution is 5.66. The van der Waals surface area contributed by atoms with Crippen LogP contribution >= 0.6 is 0 Å². The predicted molar refractivity (Wildman–Crippen MR) is 77.9 cm³/mol. The Morgan fingerprint density at radius 1 is 1.40 bits per heavy atom. The number of benzene rings is 1. The Labute approximate surface area is 120 Å². The fourth-order valence-corrected chi connectivity index (χ4v) is 2.74. The topological polar surface area (TPSA) is 49.8 Å². The third-order valence-electron chi connectivity index (χ3n) is 3.78. The van der Waals surface area contributed by atoms with Gasteiger partial charge in [0.15, 0.2) is 0 Å². The summed E-state index contributed by atoms with van der Waals surface area (Å²) >= 11 is 0. The van der Waals surface area contributed by atoms with Gasteiger partial charge >= 0.3 is 5.97 Å². The first-order valence-corrected chi connectivity index (χ1v) is 7.33. The number of ether oxygens (including phenoxy) is 1. The Balaban J connectivity index is 1.78. The van der Waals surface area contributed by atoms with Crippen molar-refractivity contribution in [3.8, 4) is 5.75 Å². The Morgan fingerprint density at radius 3 is 2.80 bits per heavy atom. The molecule has 0 saturated carbocycles. The molecule has 0 amide bonds. The van der Waals surface area contributed by atoms with Crippen LogP contribution in [-0.4, -0.2) is 35.7 Å². The average Bonchev–Trinajstić information content (AvgIpc) is 2.87. The summed E-state index contributed by atoms with van der Waals surface area (Å²) in [4.78, 5) is 13.0. The Bertz CT molecular complexity index is 430. The van der Waals surface area contributed by atoms with Crippen molar-refractivity contribution in [2.24, 2.45) is 5.92 Å². The van der Waals surface area contributed by atoms with Gasteiger partial charge in [-0.15, -0.1) is 0 Å². The van der Waals surface area contributed by atoms with Crippen molar-refractivity contribution in [3.63, 3.8) is 0 Å². The number of carboxylic acid groups (broad SMARTS) is 1. The van der Waals surface area contributed by atoms with Gasteiger partial charge in [0, 0.05) is 19.5 Å². The first-order valence-electron chi connectivity index (χ1n) is 7.33. The molecule has 0 spiro atoms. The minimum absolute atomic E-state index is 0.293. The van der Waals surface area contributed by atoms with E-state index >= 15 is 0 Å². The van der Waals surface area contributed by atoms with Crippen molar-refractivity contribution in [2.45, 2.75) is 32.7 Å². The number of carboxylic acids is 1. The first kappa shape index (κ1) is 14.9. The zero-order valence-electron chi connectivity index (χ0n) is 12.0. The van der Waals surface area contributed by atoms with E-state index in [1.807, 2.05) is 19.1 Å². The minimum Gasteiger partial charge on any atom is -0.494 e. The van der Waals surface area contributed by atoms with E-state index < -0.39 is 5.97 Å². The molecular formula is C16H23NO3. The minimum atomic E-state index is -0.685. The molecule has 2 rings (SSSR count). The first-order chi connectivity index (χ1) is 9.67. The Kier molecular flexibility index (Phi) is 5.41. The SMILES string of the molecule is CCOc1ccc(CN2CCC(CCC(=O)O)C2)cc1. The second-order valence-corrected chi connectivity index (χ2v) is 5.40. The maximum absolute atomic E-state index is 10.6. The van der Waals surface area contributed by atoms with Gasteiger partial charge in [0.1, 0.15) is 5.75 Å². The van der Waals surface area contributed by atoms with Crippen LogP contribution in [0, 0.1) is 5.92 Å². The van der Waals surface area contributed by atoms with Gasteiger partial charge in [0.05, 0.1) is 6.61 Å². The maximum Gasteiger partial charge on any atom is 0.303 e. The molecule has 1 unspecified atom stereocenters. The van der Waals surface area contributed by atoms with Crippen LogP contribution < -0.4 is 4.74 Å². The summed E-state index contributed by atoms with van der Waals surface area (Å²) in [5, 5.41) is 8.72. The van der Waals surface area contributed by atoms with Crippen LogP contribution in [0.1, 0.15) is 31.7 Å². The molecule has 1 fully saturated rings. The second kappa shape index (κ2) is 7.29. The third-order valence-corrected chi connectivity index (χ3v) is 3.78. The average molecular weight is 277 g/mol. The molecular weight excluding hydrogens is 254 g/mol. The highest BCUT2D eigenvalue weighted by Gasteiger charge is 2.22. The van der Waals surface area contributed by atoms with E-state index in [0.29, 0.717) is 18.9 Å². The van der Waals surface area contributed by atoms with Crippen molar-refractivity contribution in [1.82, 2.24) is 4.90 Å². The van der Waals surface area contributed by atoms with Gasteiger partial charge in [0.2, 0.25) is 0 Å². The number of hydrogen-bond donors (Lipinski definition) is 1. The molecule has 0 aliphatic carbocycles. The monoisotopic (exact) mass is 277 g/mol. The van der Waals surface area contributed by atoms with Crippen LogP contribution in [0.4, 0.5) is 0 Å². The van der Waals surface area contributed by atoms with Crippen molar-refractivity contribution in [2.75, 3.05) is 19.7 Å². The van der Waals surface area contributed by atoms with Crippen LogP contribution in [-0.2, 0) is 11.3 Å². The molecule has 4 nitrogen and oxygen atoms in total. The second-order valence-electron chi connectivity index (χ2n) is 5.40. The van der Waals surface area contributed by atoms with E-state index in [0.717, 1.165) is 38.2 Å². The van der Waals surface area contributed by atoms with Crippen LogP contribution in [0.25, 0.3) is 0 Å². The molecule has 0 bridgehead atoms. The summed E-state index contributed by atoms with van der Waals surface area (Å²) < 4.78 is 5.43. The molecule has 1 aromatic rings. The van der Waals surface area contributed by atoms with E-state index in [2.05, 4.69) is 17.0 Å².